The SMILES string of the molecule is Cc1ccc(N)cc1NC(=O)c1ccsc1. The number of carbonyl (C=O) groups is 1. The molecule has 0 bridgehead atoms. The Hall–Kier alpha value is -1.81. The zero-order valence-electron chi connectivity index (χ0n) is 8.86. The number of thiophene rings is 1. The second-order valence-corrected chi connectivity index (χ2v) is 4.32. The van der Waals surface area contributed by atoms with Crippen LogP contribution >= 0.6 is 11.3 Å². The smallest absolute Gasteiger partial charge is 0.256 e. The first-order valence-electron chi connectivity index (χ1n) is 4.86. The van der Waals surface area contributed by atoms with E-state index in [4.69, 9.17) is 5.73 Å². The van der Waals surface area contributed by atoms with Gasteiger partial charge in [-0.25, -0.2) is 0 Å². The van der Waals surface area contributed by atoms with Crippen molar-refractivity contribution >= 4 is 28.6 Å². The van der Waals surface area contributed by atoms with Crippen molar-refractivity contribution in [3.8, 4) is 0 Å². The van der Waals surface area contributed by atoms with E-state index in [2.05, 4.69) is 5.32 Å². The highest BCUT2D eigenvalue weighted by Crippen LogP contribution is 2.19. The number of anilines is 2. The second-order valence-electron chi connectivity index (χ2n) is 3.54. The summed E-state index contributed by atoms with van der Waals surface area (Å²) in [6.45, 7) is 1.93. The first-order chi connectivity index (χ1) is 7.66. The number of nitrogens with two attached hydrogens (primary N) is 1. The Morgan fingerprint density at radius 1 is 1.38 bits per heavy atom. The molecule has 0 saturated carbocycles. The Kier molecular flexibility index (Phi) is 2.92. The third-order valence-electron chi connectivity index (χ3n) is 2.29. The summed E-state index contributed by atoms with van der Waals surface area (Å²) >= 11 is 1.50. The molecule has 4 heteroatoms. The van der Waals surface area contributed by atoms with Crippen molar-refractivity contribution in [3.05, 3.63) is 46.2 Å². The quantitative estimate of drug-likeness (QED) is 0.782. The van der Waals surface area contributed by atoms with Crippen molar-refractivity contribution in [2.75, 3.05) is 11.1 Å². The summed E-state index contributed by atoms with van der Waals surface area (Å²) in [5.41, 5.74) is 8.75. The molecule has 0 unspecified atom stereocenters. The minimum Gasteiger partial charge on any atom is -0.399 e. The van der Waals surface area contributed by atoms with E-state index in [1.807, 2.05) is 29.8 Å². The van der Waals surface area contributed by atoms with Crippen LogP contribution in [0.25, 0.3) is 0 Å². The molecule has 0 atom stereocenters. The summed E-state index contributed by atoms with van der Waals surface area (Å²) in [5, 5.41) is 6.53. The highest BCUT2D eigenvalue weighted by Gasteiger charge is 2.07. The highest BCUT2D eigenvalue weighted by atomic mass is 32.1. The van der Waals surface area contributed by atoms with Gasteiger partial charge in [0, 0.05) is 16.8 Å². The minimum absolute atomic E-state index is 0.102. The Balaban J connectivity index is 2.21. The molecular weight excluding hydrogens is 220 g/mol. The average molecular weight is 232 g/mol. The van der Waals surface area contributed by atoms with Gasteiger partial charge in [0.15, 0.2) is 0 Å². The summed E-state index contributed by atoms with van der Waals surface area (Å²) in [5.74, 6) is -0.102. The molecule has 2 aromatic rings. The van der Waals surface area contributed by atoms with Gasteiger partial charge in [-0.3, -0.25) is 4.79 Å². The lowest BCUT2D eigenvalue weighted by molar-refractivity contribution is 0.102. The minimum atomic E-state index is -0.102. The van der Waals surface area contributed by atoms with Gasteiger partial charge < -0.3 is 11.1 Å². The van der Waals surface area contributed by atoms with Gasteiger partial charge in [-0.15, -0.1) is 0 Å². The molecule has 0 aliphatic rings. The van der Waals surface area contributed by atoms with Crippen molar-refractivity contribution < 1.29 is 4.79 Å². The van der Waals surface area contributed by atoms with Gasteiger partial charge in [-0.2, -0.15) is 11.3 Å². The molecule has 1 aromatic heterocycles. The molecule has 82 valence electrons. The van der Waals surface area contributed by atoms with Crippen LogP contribution in [0, 0.1) is 6.92 Å². The van der Waals surface area contributed by atoms with Crippen molar-refractivity contribution in [3.63, 3.8) is 0 Å². The molecule has 16 heavy (non-hydrogen) atoms. The molecule has 1 heterocycles. The number of hydrogen-bond donors (Lipinski definition) is 2. The standard InChI is InChI=1S/C12H12N2OS/c1-8-2-3-10(13)6-11(8)14-12(15)9-4-5-16-7-9/h2-7H,13H2,1H3,(H,14,15). The number of hydrogen-bond acceptors (Lipinski definition) is 3. The van der Waals surface area contributed by atoms with E-state index in [1.54, 1.807) is 12.1 Å². The van der Waals surface area contributed by atoms with Gasteiger partial charge in [0.05, 0.1) is 5.56 Å². The molecule has 0 aliphatic carbocycles. The van der Waals surface area contributed by atoms with Crippen LogP contribution in [0.5, 0.6) is 0 Å². The maximum Gasteiger partial charge on any atom is 0.256 e. The number of nitrogens with one attached hydrogen (secondary N) is 1. The molecule has 1 aromatic carbocycles. The molecule has 3 nitrogen and oxygen atoms in total. The number of carbonyl (C=O) groups excluding carboxylic acids is 1. The van der Waals surface area contributed by atoms with E-state index in [0.29, 0.717) is 11.3 Å². The van der Waals surface area contributed by atoms with E-state index in [9.17, 15) is 4.79 Å². The molecule has 0 spiro atoms. The zero-order valence-corrected chi connectivity index (χ0v) is 9.67. The van der Waals surface area contributed by atoms with Crippen LogP contribution in [-0.2, 0) is 0 Å². The monoisotopic (exact) mass is 232 g/mol. The molecule has 0 radical (unpaired) electrons. The van der Waals surface area contributed by atoms with Crippen molar-refractivity contribution in [2.45, 2.75) is 6.92 Å². The normalized spacial score (nSPS) is 10.1. The lowest BCUT2D eigenvalue weighted by Gasteiger charge is -2.08. The number of amides is 1. The summed E-state index contributed by atoms with van der Waals surface area (Å²) in [7, 11) is 0. The molecule has 0 saturated heterocycles. The molecule has 2 rings (SSSR count). The largest absolute Gasteiger partial charge is 0.399 e. The van der Waals surface area contributed by atoms with Crippen LogP contribution in [0.15, 0.2) is 35.0 Å². The Morgan fingerprint density at radius 2 is 2.19 bits per heavy atom. The average Bonchev–Trinajstić information content (AvgIpc) is 2.76. The fraction of sp³-hybridized carbons (Fsp3) is 0.0833. The molecule has 1 amide bonds. The van der Waals surface area contributed by atoms with Crippen molar-refractivity contribution in [1.29, 1.82) is 0 Å². The van der Waals surface area contributed by atoms with Crippen LogP contribution in [0.2, 0.25) is 0 Å². The Morgan fingerprint density at radius 3 is 2.88 bits per heavy atom. The van der Waals surface area contributed by atoms with E-state index >= 15 is 0 Å². The third-order valence-corrected chi connectivity index (χ3v) is 2.98. The predicted molar refractivity (Wildman–Crippen MR) is 67.9 cm³/mol. The number of benzene rings is 1. The van der Waals surface area contributed by atoms with E-state index < -0.39 is 0 Å². The zero-order chi connectivity index (χ0) is 11.5. The Bertz CT molecular complexity index is 506. The van der Waals surface area contributed by atoms with E-state index in [0.717, 1.165) is 11.3 Å². The lowest BCUT2D eigenvalue weighted by atomic mass is 10.1. The lowest BCUT2D eigenvalue weighted by Crippen LogP contribution is -2.11. The van der Waals surface area contributed by atoms with Gasteiger partial charge in [0.1, 0.15) is 0 Å². The van der Waals surface area contributed by atoms with Gasteiger partial charge in [-0.1, -0.05) is 6.07 Å². The number of nitrogen functional groups attached to an aromatic ring is 1. The highest BCUT2D eigenvalue weighted by molar-refractivity contribution is 7.08. The van der Waals surface area contributed by atoms with Crippen molar-refractivity contribution in [1.82, 2.24) is 0 Å². The number of aryl methyl sites for hydroxylation is 1. The van der Waals surface area contributed by atoms with Crippen LogP contribution in [-0.4, -0.2) is 5.91 Å². The van der Waals surface area contributed by atoms with Gasteiger partial charge >= 0.3 is 0 Å². The van der Waals surface area contributed by atoms with Gasteiger partial charge in [0.2, 0.25) is 0 Å². The fourth-order valence-corrected chi connectivity index (χ4v) is 2.00. The van der Waals surface area contributed by atoms with Crippen LogP contribution < -0.4 is 11.1 Å². The predicted octanol–water partition coefficient (Wildman–Crippen LogP) is 2.89. The summed E-state index contributed by atoms with van der Waals surface area (Å²) in [6.07, 6.45) is 0. The first-order valence-corrected chi connectivity index (χ1v) is 5.81. The molecule has 0 aliphatic heterocycles. The molecular formula is C12H12N2OS. The molecule has 0 fully saturated rings. The van der Waals surface area contributed by atoms with Gasteiger partial charge in [0.25, 0.3) is 5.91 Å². The van der Waals surface area contributed by atoms with Crippen LogP contribution in [0.4, 0.5) is 11.4 Å². The van der Waals surface area contributed by atoms with E-state index in [1.165, 1.54) is 11.3 Å². The Labute approximate surface area is 97.9 Å². The fourth-order valence-electron chi connectivity index (χ4n) is 1.36. The van der Waals surface area contributed by atoms with Crippen molar-refractivity contribution in [2.24, 2.45) is 0 Å². The third kappa shape index (κ3) is 2.23. The van der Waals surface area contributed by atoms with Crippen LogP contribution in [0.3, 0.4) is 0 Å². The van der Waals surface area contributed by atoms with E-state index in [-0.39, 0.29) is 5.91 Å². The maximum atomic E-state index is 11.8. The summed E-state index contributed by atoms with van der Waals surface area (Å²) < 4.78 is 0. The molecule has 3 N–H and O–H groups in total. The van der Waals surface area contributed by atoms with Gasteiger partial charge in [-0.05, 0) is 36.1 Å². The second kappa shape index (κ2) is 4.37. The van der Waals surface area contributed by atoms with Crippen LogP contribution in [0.1, 0.15) is 15.9 Å². The topological polar surface area (TPSA) is 55.1 Å². The summed E-state index contributed by atoms with van der Waals surface area (Å²) in [6, 6.07) is 7.26. The first kappa shape index (κ1) is 10.7. The number of rotatable bonds is 2. The summed E-state index contributed by atoms with van der Waals surface area (Å²) in [4.78, 5) is 11.8. The maximum absolute atomic E-state index is 11.8.